The molecule has 1 amide bonds. The van der Waals surface area contributed by atoms with Crippen molar-refractivity contribution >= 4 is 11.6 Å². The topological polar surface area (TPSA) is 110 Å². The number of nitro groups is 1. The van der Waals surface area contributed by atoms with Gasteiger partial charge in [-0.05, 0) is 38.5 Å². The lowest BCUT2D eigenvalue weighted by Gasteiger charge is -2.11. The van der Waals surface area contributed by atoms with Crippen molar-refractivity contribution in [3.05, 3.63) is 56.9 Å². The monoisotopic (exact) mass is 332 g/mol. The molecule has 128 valence electrons. The van der Waals surface area contributed by atoms with Crippen LogP contribution in [-0.4, -0.2) is 38.4 Å². The molecule has 0 radical (unpaired) electrons. The van der Waals surface area contributed by atoms with E-state index in [1.807, 2.05) is 0 Å². The van der Waals surface area contributed by atoms with Crippen LogP contribution in [0.15, 0.2) is 24.3 Å². The molecule has 8 heteroatoms. The molecule has 0 aliphatic carbocycles. The lowest BCUT2D eigenvalue weighted by Crippen LogP contribution is -2.34. The molecule has 2 N–H and O–H groups in total. The van der Waals surface area contributed by atoms with Gasteiger partial charge >= 0.3 is 5.69 Å². The van der Waals surface area contributed by atoms with E-state index in [1.54, 1.807) is 49.7 Å². The third kappa shape index (κ3) is 3.77. The molecule has 0 aliphatic rings. The van der Waals surface area contributed by atoms with E-state index in [4.69, 9.17) is 5.11 Å². The maximum atomic E-state index is 11.9. The number of aliphatic hydroxyl groups is 1. The van der Waals surface area contributed by atoms with E-state index in [1.165, 1.54) is 0 Å². The zero-order valence-corrected chi connectivity index (χ0v) is 13.8. The highest BCUT2D eigenvalue weighted by atomic mass is 16.6. The van der Waals surface area contributed by atoms with Gasteiger partial charge in [0.1, 0.15) is 11.4 Å². The van der Waals surface area contributed by atoms with Gasteiger partial charge in [0.2, 0.25) is 0 Å². The Morgan fingerprint density at radius 2 is 2.00 bits per heavy atom. The molecule has 2 rings (SSSR count). The van der Waals surface area contributed by atoms with Crippen LogP contribution in [-0.2, 0) is 6.54 Å². The van der Waals surface area contributed by atoms with Gasteiger partial charge in [-0.1, -0.05) is 12.1 Å². The van der Waals surface area contributed by atoms with Gasteiger partial charge in [-0.25, -0.2) is 0 Å². The first-order chi connectivity index (χ1) is 11.3. The highest BCUT2D eigenvalue weighted by Crippen LogP contribution is 2.22. The number of carbonyl (C=O) groups is 1. The third-order valence-electron chi connectivity index (χ3n) is 3.73. The van der Waals surface area contributed by atoms with Gasteiger partial charge in [0, 0.05) is 11.6 Å². The van der Waals surface area contributed by atoms with Crippen molar-refractivity contribution in [3.8, 4) is 0 Å². The number of aryl methyl sites for hydroxylation is 1. The van der Waals surface area contributed by atoms with Crippen molar-refractivity contribution < 1.29 is 14.8 Å². The van der Waals surface area contributed by atoms with E-state index in [0.717, 1.165) is 5.56 Å². The fourth-order valence-corrected chi connectivity index (χ4v) is 2.39. The average Bonchev–Trinajstić information content (AvgIpc) is 2.81. The van der Waals surface area contributed by atoms with E-state index in [9.17, 15) is 14.9 Å². The summed E-state index contributed by atoms with van der Waals surface area (Å²) in [6.07, 6.45) is 0. The summed E-state index contributed by atoms with van der Waals surface area (Å²) >= 11 is 0. The molecule has 0 saturated heterocycles. The van der Waals surface area contributed by atoms with Crippen LogP contribution < -0.4 is 5.32 Å². The Balaban J connectivity index is 2.14. The summed E-state index contributed by atoms with van der Waals surface area (Å²) in [7, 11) is 0. The maximum absolute atomic E-state index is 11.9. The molecular formula is C16H20N4O4. The van der Waals surface area contributed by atoms with Crippen molar-refractivity contribution in [2.75, 3.05) is 6.61 Å². The molecule has 1 aromatic carbocycles. The van der Waals surface area contributed by atoms with Gasteiger partial charge in [-0.2, -0.15) is 5.10 Å². The average molecular weight is 332 g/mol. The summed E-state index contributed by atoms with van der Waals surface area (Å²) in [6.45, 7) is 5.24. The van der Waals surface area contributed by atoms with Crippen LogP contribution in [0.4, 0.5) is 5.69 Å². The molecule has 0 bridgehead atoms. The molecule has 0 spiro atoms. The molecule has 1 atom stereocenters. The first-order valence-corrected chi connectivity index (χ1v) is 7.52. The van der Waals surface area contributed by atoms with Gasteiger partial charge in [-0.15, -0.1) is 0 Å². The second-order valence-electron chi connectivity index (χ2n) is 5.69. The fraction of sp³-hybridized carbons (Fsp3) is 0.375. The Morgan fingerprint density at radius 1 is 1.38 bits per heavy atom. The maximum Gasteiger partial charge on any atom is 0.312 e. The first kappa shape index (κ1) is 17.6. The zero-order chi connectivity index (χ0) is 17.9. The normalized spacial score (nSPS) is 12.0. The van der Waals surface area contributed by atoms with Crippen molar-refractivity contribution in [3.63, 3.8) is 0 Å². The Labute approximate surface area is 139 Å². The quantitative estimate of drug-likeness (QED) is 0.616. The Morgan fingerprint density at radius 3 is 2.50 bits per heavy atom. The highest BCUT2D eigenvalue weighted by molar-refractivity contribution is 5.94. The van der Waals surface area contributed by atoms with Gasteiger partial charge < -0.3 is 10.4 Å². The molecule has 0 aliphatic heterocycles. The van der Waals surface area contributed by atoms with Crippen LogP contribution in [0.2, 0.25) is 0 Å². The third-order valence-corrected chi connectivity index (χ3v) is 3.73. The zero-order valence-electron chi connectivity index (χ0n) is 13.8. The standard InChI is InChI=1S/C16H20N4O4/c1-10(9-21)17-16(22)14-6-4-13(5-7-14)8-19-12(3)15(20(23)24)11(2)18-19/h4-7,10,21H,8-9H2,1-3H3,(H,17,22). The van der Waals surface area contributed by atoms with Crippen LogP contribution in [0, 0.1) is 24.0 Å². The molecule has 0 saturated carbocycles. The predicted molar refractivity (Wildman–Crippen MR) is 87.9 cm³/mol. The van der Waals surface area contributed by atoms with Gasteiger partial charge in [0.25, 0.3) is 5.91 Å². The van der Waals surface area contributed by atoms with Crippen LogP contribution >= 0.6 is 0 Å². The number of aromatic nitrogens is 2. The SMILES string of the molecule is Cc1nn(Cc2ccc(C(=O)NC(C)CO)cc2)c(C)c1[N+](=O)[O-]. The minimum absolute atomic E-state index is 0.0315. The van der Waals surface area contributed by atoms with E-state index in [2.05, 4.69) is 10.4 Å². The number of nitrogens with one attached hydrogen (secondary N) is 1. The van der Waals surface area contributed by atoms with Crippen LogP contribution in [0.25, 0.3) is 0 Å². The molecular weight excluding hydrogens is 312 g/mol. The van der Waals surface area contributed by atoms with Gasteiger partial charge in [0.15, 0.2) is 0 Å². The Kier molecular flexibility index (Phi) is 5.30. The highest BCUT2D eigenvalue weighted by Gasteiger charge is 2.21. The first-order valence-electron chi connectivity index (χ1n) is 7.52. The van der Waals surface area contributed by atoms with E-state index < -0.39 is 4.92 Å². The lowest BCUT2D eigenvalue weighted by atomic mass is 10.1. The molecule has 1 heterocycles. The number of benzene rings is 1. The van der Waals surface area contributed by atoms with Crippen molar-refractivity contribution in [1.29, 1.82) is 0 Å². The number of carbonyl (C=O) groups excluding carboxylic acids is 1. The van der Waals surface area contributed by atoms with Crippen molar-refractivity contribution in [2.24, 2.45) is 0 Å². The van der Waals surface area contributed by atoms with E-state index >= 15 is 0 Å². The Hall–Kier alpha value is -2.74. The van der Waals surface area contributed by atoms with Crippen molar-refractivity contribution in [1.82, 2.24) is 15.1 Å². The number of hydrogen-bond donors (Lipinski definition) is 2. The number of nitrogens with zero attached hydrogens (tertiary/aromatic N) is 3. The van der Waals surface area contributed by atoms with Gasteiger partial charge in [-0.3, -0.25) is 19.6 Å². The Bertz CT molecular complexity index is 752. The number of hydrogen-bond acceptors (Lipinski definition) is 5. The van der Waals surface area contributed by atoms with Crippen molar-refractivity contribution in [2.45, 2.75) is 33.4 Å². The molecule has 24 heavy (non-hydrogen) atoms. The fourth-order valence-electron chi connectivity index (χ4n) is 2.39. The lowest BCUT2D eigenvalue weighted by molar-refractivity contribution is -0.386. The van der Waals surface area contributed by atoms with E-state index in [0.29, 0.717) is 23.5 Å². The smallest absolute Gasteiger partial charge is 0.312 e. The van der Waals surface area contributed by atoms with Crippen LogP contribution in [0.5, 0.6) is 0 Å². The molecule has 1 unspecified atom stereocenters. The van der Waals surface area contributed by atoms with E-state index in [-0.39, 0.29) is 24.2 Å². The molecule has 0 fully saturated rings. The second kappa shape index (κ2) is 7.22. The largest absolute Gasteiger partial charge is 0.394 e. The summed E-state index contributed by atoms with van der Waals surface area (Å²) < 4.78 is 1.58. The summed E-state index contributed by atoms with van der Waals surface area (Å²) in [5.41, 5.74) is 2.27. The summed E-state index contributed by atoms with van der Waals surface area (Å²) in [4.78, 5) is 22.6. The van der Waals surface area contributed by atoms with Crippen LogP contribution in [0.1, 0.15) is 34.2 Å². The number of amides is 1. The molecule has 8 nitrogen and oxygen atoms in total. The predicted octanol–water partition coefficient (Wildman–Crippen LogP) is 1.57. The summed E-state index contributed by atoms with van der Waals surface area (Å²) in [6, 6.07) is 6.60. The van der Waals surface area contributed by atoms with Gasteiger partial charge in [0.05, 0.1) is 18.1 Å². The number of rotatable bonds is 6. The molecule has 1 aromatic heterocycles. The summed E-state index contributed by atoms with van der Waals surface area (Å²) in [5.74, 6) is -0.259. The molecule has 2 aromatic rings. The number of aliphatic hydroxyl groups excluding tert-OH is 1. The minimum atomic E-state index is -0.427. The minimum Gasteiger partial charge on any atom is -0.394 e. The second-order valence-corrected chi connectivity index (χ2v) is 5.69. The van der Waals surface area contributed by atoms with Crippen LogP contribution in [0.3, 0.4) is 0 Å². The summed E-state index contributed by atoms with van der Waals surface area (Å²) in [5, 5.41) is 26.9.